The summed E-state index contributed by atoms with van der Waals surface area (Å²) in [5.41, 5.74) is 0.226. The second kappa shape index (κ2) is 3.25. The molecule has 1 heterocycles. The molecule has 0 aromatic heterocycles. The molecule has 2 rings (SSSR count). The van der Waals surface area contributed by atoms with Gasteiger partial charge in [-0.25, -0.2) is 0 Å². The highest BCUT2D eigenvalue weighted by Crippen LogP contribution is 2.46. The number of hydrogen-bond acceptors (Lipinski definition) is 2. The Morgan fingerprint density at radius 3 is 2.00 bits per heavy atom. The van der Waals surface area contributed by atoms with Gasteiger partial charge in [-0.2, -0.15) is 0 Å². The smallest absolute Gasteiger partial charge is 0.0620 e. The Kier molecular flexibility index (Phi) is 2.37. The standard InChI is InChI=1S/C11H21NO/c1-10(13)2-4-11(5-3-10)6-8-12-9-7-11/h12-13H,2-9H2,1H3. The Balaban J connectivity index is 1.95. The molecule has 2 fully saturated rings. The molecule has 0 amide bonds. The number of nitrogens with one attached hydrogen (secondary N) is 1. The maximum atomic E-state index is 9.87. The van der Waals surface area contributed by atoms with Crippen LogP contribution in [0.15, 0.2) is 0 Å². The molecule has 2 heteroatoms. The van der Waals surface area contributed by atoms with Gasteiger partial charge in [-0.1, -0.05) is 0 Å². The number of hydrogen-bond donors (Lipinski definition) is 2. The van der Waals surface area contributed by atoms with E-state index in [0.717, 1.165) is 12.8 Å². The van der Waals surface area contributed by atoms with Crippen molar-refractivity contribution in [3.8, 4) is 0 Å². The summed E-state index contributed by atoms with van der Waals surface area (Å²) in [5, 5.41) is 13.3. The van der Waals surface area contributed by atoms with Gasteiger partial charge in [0.2, 0.25) is 0 Å². The molecule has 1 aliphatic carbocycles. The molecule has 1 saturated carbocycles. The predicted octanol–water partition coefficient (Wildman–Crippen LogP) is 1.68. The van der Waals surface area contributed by atoms with E-state index in [2.05, 4.69) is 5.32 Å². The molecule has 1 aliphatic heterocycles. The Hall–Kier alpha value is -0.0800. The quantitative estimate of drug-likeness (QED) is 0.599. The summed E-state index contributed by atoms with van der Waals surface area (Å²) in [7, 11) is 0. The molecule has 0 aromatic carbocycles. The van der Waals surface area contributed by atoms with E-state index in [1.165, 1.54) is 38.8 Å². The third-order valence-corrected chi connectivity index (χ3v) is 4.05. The first-order valence-electron chi connectivity index (χ1n) is 5.55. The molecular weight excluding hydrogens is 162 g/mol. The van der Waals surface area contributed by atoms with E-state index < -0.39 is 0 Å². The Labute approximate surface area is 80.7 Å². The Morgan fingerprint density at radius 2 is 1.46 bits per heavy atom. The van der Waals surface area contributed by atoms with Crippen molar-refractivity contribution in [2.75, 3.05) is 13.1 Å². The first-order valence-corrected chi connectivity index (χ1v) is 5.55. The number of piperidine rings is 1. The lowest BCUT2D eigenvalue weighted by molar-refractivity contribution is -0.0285. The van der Waals surface area contributed by atoms with E-state index in [-0.39, 0.29) is 5.60 Å². The topological polar surface area (TPSA) is 32.3 Å². The predicted molar refractivity (Wildman–Crippen MR) is 53.6 cm³/mol. The van der Waals surface area contributed by atoms with Crippen molar-refractivity contribution in [2.45, 2.75) is 51.0 Å². The fraction of sp³-hybridized carbons (Fsp3) is 1.00. The largest absolute Gasteiger partial charge is 0.390 e. The second-order valence-corrected chi connectivity index (χ2v) is 5.25. The fourth-order valence-corrected chi connectivity index (χ4v) is 2.78. The highest BCUT2D eigenvalue weighted by atomic mass is 16.3. The van der Waals surface area contributed by atoms with Crippen molar-refractivity contribution in [3.05, 3.63) is 0 Å². The van der Waals surface area contributed by atoms with Gasteiger partial charge in [0.25, 0.3) is 0 Å². The molecule has 0 atom stereocenters. The molecular formula is C11H21NO. The zero-order valence-electron chi connectivity index (χ0n) is 8.60. The first-order chi connectivity index (χ1) is 6.12. The summed E-state index contributed by atoms with van der Waals surface area (Å²) in [5.74, 6) is 0. The van der Waals surface area contributed by atoms with Gasteiger partial charge in [-0.15, -0.1) is 0 Å². The molecule has 0 radical (unpaired) electrons. The van der Waals surface area contributed by atoms with Crippen molar-refractivity contribution in [2.24, 2.45) is 5.41 Å². The lowest BCUT2D eigenvalue weighted by atomic mass is 9.65. The van der Waals surface area contributed by atoms with Crippen molar-refractivity contribution >= 4 is 0 Å². The van der Waals surface area contributed by atoms with Crippen molar-refractivity contribution in [1.29, 1.82) is 0 Å². The summed E-state index contributed by atoms with van der Waals surface area (Å²) in [4.78, 5) is 0. The van der Waals surface area contributed by atoms with E-state index in [1.807, 2.05) is 6.92 Å². The van der Waals surface area contributed by atoms with E-state index in [4.69, 9.17) is 0 Å². The Bertz CT molecular complexity index is 171. The molecule has 1 saturated heterocycles. The molecule has 0 aromatic rings. The summed E-state index contributed by atoms with van der Waals surface area (Å²) in [6, 6.07) is 0. The zero-order valence-corrected chi connectivity index (χ0v) is 8.60. The first kappa shape index (κ1) is 9.47. The monoisotopic (exact) mass is 183 g/mol. The average molecular weight is 183 g/mol. The molecule has 0 bridgehead atoms. The van der Waals surface area contributed by atoms with Crippen LogP contribution in [0.5, 0.6) is 0 Å². The van der Waals surface area contributed by atoms with Gasteiger partial charge in [0.05, 0.1) is 5.60 Å². The summed E-state index contributed by atoms with van der Waals surface area (Å²) in [6.45, 7) is 4.35. The minimum absolute atomic E-state index is 0.365. The molecule has 13 heavy (non-hydrogen) atoms. The van der Waals surface area contributed by atoms with Crippen LogP contribution in [0.1, 0.15) is 45.4 Å². The third-order valence-electron chi connectivity index (χ3n) is 4.05. The lowest BCUT2D eigenvalue weighted by Gasteiger charge is -2.45. The lowest BCUT2D eigenvalue weighted by Crippen LogP contribution is -2.43. The highest BCUT2D eigenvalue weighted by Gasteiger charge is 2.39. The normalized spacial score (nSPS) is 31.8. The molecule has 76 valence electrons. The van der Waals surface area contributed by atoms with Crippen LogP contribution in [-0.2, 0) is 0 Å². The molecule has 2 aliphatic rings. The van der Waals surface area contributed by atoms with Crippen LogP contribution in [0.25, 0.3) is 0 Å². The fourth-order valence-electron chi connectivity index (χ4n) is 2.78. The van der Waals surface area contributed by atoms with Crippen LogP contribution in [0.4, 0.5) is 0 Å². The van der Waals surface area contributed by atoms with Crippen LogP contribution < -0.4 is 5.32 Å². The summed E-state index contributed by atoms with van der Waals surface area (Å²) < 4.78 is 0. The van der Waals surface area contributed by atoms with Gasteiger partial charge < -0.3 is 10.4 Å². The molecule has 2 N–H and O–H groups in total. The third kappa shape index (κ3) is 2.05. The van der Waals surface area contributed by atoms with Gasteiger partial charge >= 0.3 is 0 Å². The summed E-state index contributed by atoms with van der Waals surface area (Å²) >= 11 is 0. The minimum Gasteiger partial charge on any atom is -0.390 e. The summed E-state index contributed by atoms with van der Waals surface area (Å²) in [6.07, 6.45) is 7.13. The van der Waals surface area contributed by atoms with Crippen LogP contribution in [0, 0.1) is 5.41 Å². The van der Waals surface area contributed by atoms with Crippen LogP contribution in [0.2, 0.25) is 0 Å². The molecule has 2 nitrogen and oxygen atoms in total. The van der Waals surface area contributed by atoms with E-state index in [1.54, 1.807) is 0 Å². The van der Waals surface area contributed by atoms with Gasteiger partial charge in [0.1, 0.15) is 0 Å². The molecule has 1 spiro atoms. The minimum atomic E-state index is -0.365. The molecule has 0 unspecified atom stereocenters. The van der Waals surface area contributed by atoms with Crippen molar-refractivity contribution in [3.63, 3.8) is 0 Å². The van der Waals surface area contributed by atoms with Crippen molar-refractivity contribution in [1.82, 2.24) is 5.32 Å². The van der Waals surface area contributed by atoms with E-state index >= 15 is 0 Å². The van der Waals surface area contributed by atoms with Gasteiger partial charge in [-0.05, 0) is 64.0 Å². The van der Waals surface area contributed by atoms with E-state index in [0.29, 0.717) is 5.41 Å². The van der Waals surface area contributed by atoms with Crippen LogP contribution in [0.3, 0.4) is 0 Å². The van der Waals surface area contributed by atoms with Gasteiger partial charge in [-0.3, -0.25) is 0 Å². The number of aliphatic hydroxyl groups is 1. The maximum Gasteiger partial charge on any atom is 0.0620 e. The number of rotatable bonds is 0. The van der Waals surface area contributed by atoms with Gasteiger partial charge in [0, 0.05) is 0 Å². The average Bonchev–Trinajstić information content (AvgIpc) is 2.13. The SMILES string of the molecule is CC1(O)CCC2(CCNCC2)CC1. The van der Waals surface area contributed by atoms with E-state index in [9.17, 15) is 5.11 Å². The zero-order chi connectivity index (χ0) is 9.36. The maximum absolute atomic E-state index is 9.87. The van der Waals surface area contributed by atoms with Crippen LogP contribution in [-0.4, -0.2) is 23.8 Å². The Morgan fingerprint density at radius 1 is 0.923 bits per heavy atom. The van der Waals surface area contributed by atoms with Crippen molar-refractivity contribution < 1.29 is 5.11 Å². The van der Waals surface area contributed by atoms with Gasteiger partial charge in [0.15, 0.2) is 0 Å². The second-order valence-electron chi connectivity index (χ2n) is 5.25. The van der Waals surface area contributed by atoms with Crippen LogP contribution >= 0.6 is 0 Å². The highest BCUT2D eigenvalue weighted by molar-refractivity contribution is 4.93.